The molecule has 0 radical (unpaired) electrons. The zero-order valence-electron chi connectivity index (χ0n) is 10.5. The van der Waals surface area contributed by atoms with E-state index in [4.69, 9.17) is 17.5 Å². The molecule has 20 heavy (non-hydrogen) atoms. The Kier molecular flexibility index (Phi) is 2.73. The van der Waals surface area contributed by atoms with Gasteiger partial charge in [-0.1, -0.05) is 0 Å². The van der Waals surface area contributed by atoms with E-state index in [0.717, 1.165) is 0 Å². The number of nitrogens with one attached hydrogen (secondary N) is 1. The Morgan fingerprint density at radius 3 is 2.70 bits per heavy atom. The Labute approximate surface area is 118 Å². The van der Waals surface area contributed by atoms with Crippen molar-refractivity contribution >= 4 is 23.4 Å². The average molecular weight is 283 g/mol. The minimum absolute atomic E-state index is 0.283. The molecule has 0 atom stereocenters. The van der Waals surface area contributed by atoms with E-state index < -0.39 is 0 Å². The van der Waals surface area contributed by atoms with Crippen LogP contribution in [0.2, 0.25) is 0 Å². The number of nitrogens with zero attached hydrogens (tertiary/aromatic N) is 4. The van der Waals surface area contributed by atoms with Crippen LogP contribution in [0.15, 0.2) is 35.4 Å². The van der Waals surface area contributed by atoms with E-state index in [2.05, 4.69) is 9.97 Å². The fraction of sp³-hybridized carbons (Fsp3) is 0.0769. The Balaban J connectivity index is 2.33. The summed E-state index contributed by atoms with van der Waals surface area (Å²) in [4.78, 5) is 19.5. The number of rotatable bonds is 1. The van der Waals surface area contributed by atoms with E-state index in [0.29, 0.717) is 22.4 Å². The van der Waals surface area contributed by atoms with Crippen molar-refractivity contribution < 1.29 is 0 Å². The Bertz CT molecular complexity index is 956. The molecule has 3 aromatic rings. The first kappa shape index (κ1) is 12.3. The third-order valence-corrected chi connectivity index (χ3v) is 3.31. The molecule has 0 spiro atoms. The number of aryl methyl sites for hydroxylation is 1. The van der Waals surface area contributed by atoms with Crippen molar-refractivity contribution in [2.45, 2.75) is 0 Å². The van der Waals surface area contributed by atoms with Crippen LogP contribution in [0.3, 0.4) is 0 Å². The second-order valence-electron chi connectivity index (χ2n) is 4.28. The van der Waals surface area contributed by atoms with Crippen molar-refractivity contribution in [3.05, 3.63) is 51.3 Å². The molecule has 0 bridgehead atoms. The van der Waals surface area contributed by atoms with Gasteiger partial charge in [-0.15, -0.1) is 0 Å². The van der Waals surface area contributed by atoms with Crippen LogP contribution in [0.4, 0.5) is 0 Å². The van der Waals surface area contributed by atoms with Gasteiger partial charge < -0.3 is 9.55 Å². The molecule has 0 aliphatic rings. The van der Waals surface area contributed by atoms with Crippen molar-refractivity contribution in [1.82, 2.24) is 19.1 Å². The van der Waals surface area contributed by atoms with Gasteiger partial charge in [-0.3, -0.25) is 9.36 Å². The van der Waals surface area contributed by atoms with Crippen LogP contribution in [0.25, 0.3) is 16.9 Å². The van der Waals surface area contributed by atoms with Gasteiger partial charge in [0.2, 0.25) is 0 Å². The molecule has 98 valence electrons. The lowest BCUT2D eigenvalue weighted by atomic mass is 10.2. The number of benzene rings is 1. The zero-order chi connectivity index (χ0) is 14.3. The van der Waals surface area contributed by atoms with E-state index >= 15 is 0 Å². The highest BCUT2D eigenvalue weighted by molar-refractivity contribution is 7.71. The fourth-order valence-electron chi connectivity index (χ4n) is 2.01. The monoisotopic (exact) mass is 283 g/mol. The number of imidazole rings is 1. The second-order valence-corrected chi connectivity index (χ2v) is 4.67. The standard InChI is InChI=1S/C13H9N5OS/c1-17-7-15-10-11(17)16-13(20)18(12(10)19)9-4-2-8(6-14)3-5-9/h2-5,7H,1H3,(H,16,20). The summed E-state index contributed by atoms with van der Waals surface area (Å²) in [6.07, 6.45) is 1.56. The molecule has 2 heterocycles. The summed E-state index contributed by atoms with van der Waals surface area (Å²) in [6.45, 7) is 0. The summed E-state index contributed by atoms with van der Waals surface area (Å²) in [6, 6.07) is 8.66. The average Bonchev–Trinajstić information content (AvgIpc) is 2.81. The summed E-state index contributed by atoms with van der Waals surface area (Å²) < 4.78 is 3.36. The van der Waals surface area contributed by atoms with Crippen LogP contribution in [0, 0.1) is 16.1 Å². The summed E-state index contributed by atoms with van der Waals surface area (Å²) in [5, 5.41) is 8.79. The van der Waals surface area contributed by atoms with Gasteiger partial charge in [-0.25, -0.2) is 4.98 Å². The van der Waals surface area contributed by atoms with Gasteiger partial charge in [0, 0.05) is 7.05 Å². The maximum absolute atomic E-state index is 12.5. The molecule has 0 saturated heterocycles. The summed E-state index contributed by atoms with van der Waals surface area (Å²) in [5.74, 6) is 0. The van der Waals surface area contributed by atoms with Gasteiger partial charge in [-0.2, -0.15) is 5.26 Å². The van der Waals surface area contributed by atoms with Gasteiger partial charge in [-0.05, 0) is 36.5 Å². The highest BCUT2D eigenvalue weighted by Crippen LogP contribution is 2.10. The predicted molar refractivity (Wildman–Crippen MR) is 76.2 cm³/mol. The molecule has 0 fully saturated rings. The second kappa shape index (κ2) is 4.43. The Morgan fingerprint density at radius 1 is 1.35 bits per heavy atom. The summed E-state index contributed by atoms with van der Waals surface area (Å²) >= 11 is 5.24. The van der Waals surface area contributed by atoms with Gasteiger partial charge in [0.05, 0.1) is 23.6 Å². The van der Waals surface area contributed by atoms with Crippen molar-refractivity contribution in [3.8, 4) is 11.8 Å². The van der Waals surface area contributed by atoms with Crippen LogP contribution in [-0.2, 0) is 7.05 Å². The first-order valence-electron chi connectivity index (χ1n) is 5.78. The number of nitriles is 1. The fourth-order valence-corrected chi connectivity index (χ4v) is 2.29. The van der Waals surface area contributed by atoms with Crippen LogP contribution in [0.1, 0.15) is 5.56 Å². The lowest BCUT2D eigenvalue weighted by molar-refractivity contribution is 0.897. The molecule has 0 amide bonds. The van der Waals surface area contributed by atoms with Crippen LogP contribution < -0.4 is 5.56 Å². The molecule has 6 nitrogen and oxygen atoms in total. The van der Waals surface area contributed by atoms with Crippen LogP contribution in [-0.4, -0.2) is 19.1 Å². The predicted octanol–water partition coefficient (Wildman–Crippen LogP) is 1.65. The van der Waals surface area contributed by atoms with E-state index in [1.807, 2.05) is 6.07 Å². The molecule has 3 rings (SSSR count). The number of hydrogen-bond donors (Lipinski definition) is 1. The Hall–Kier alpha value is -2.72. The summed E-state index contributed by atoms with van der Waals surface area (Å²) in [5.41, 5.74) is 1.75. The highest BCUT2D eigenvalue weighted by Gasteiger charge is 2.10. The quantitative estimate of drug-likeness (QED) is 0.689. The van der Waals surface area contributed by atoms with Gasteiger partial charge >= 0.3 is 0 Å². The number of H-pyrrole nitrogens is 1. The van der Waals surface area contributed by atoms with Crippen molar-refractivity contribution in [2.75, 3.05) is 0 Å². The molecule has 1 aromatic carbocycles. The van der Waals surface area contributed by atoms with E-state index in [1.54, 1.807) is 42.2 Å². The number of aromatic amines is 1. The maximum atomic E-state index is 12.5. The topological polar surface area (TPSA) is 79.4 Å². The smallest absolute Gasteiger partial charge is 0.287 e. The summed E-state index contributed by atoms with van der Waals surface area (Å²) in [7, 11) is 1.78. The van der Waals surface area contributed by atoms with E-state index in [9.17, 15) is 4.79 Å². The normalized spacial score (nSPS) is 10.6. The number of fused-ring (bicyclic) bond motifs is 1. The Morgan fingerprint density at radius 2 is 2.05 bits per heavy atom. The molecule has 0 saturated carbocycles. The van der Waals surface area contributed by atoms with Crippen molar-refractivity contribution in [3.63, 3.8) is 0 Å². The third-order valence-electron chi connectivity index (χ3n) is 3.03. The first-order valence-corrected chi connectivity index (χ1v) is 6.19. The lowest BCUT2D eigenvalue weighted by Crippen LogP contribution is -2.20. The van der Waals surface area contributed by atoms with E-state index in [-0.39, 0.29) is 10.3 Å². The number of aromatic nitrogens is 4. The molecule has 7 heteroatoms. The SMILES string of the molecule is Cn1cnc2c(=O)n(-c3ccc(C#N)cc3)c(=S)[nH]c21. The third kappa shape index (κ3) is 1.74. The van der Waals surface area contributed by atoms with E-state index in [1.165, 1.54) is 4.57 Å². The molecular formula is C13H9N5OS. The first-order chi connectivity index (χ1) is 9.61. The van der Waals surface area contributed by atoms with Crippen molar-refractivity contribution in [2.24, 2.45) is 7.05 Å². The van der Waals surface area contributed by atoms with Gasteiger partial charge in [0.1, 0.15) is 5.65 Å². The molecule has 0 aliphatic heterocycles. The minimum atomic E-state index is -0.283. The van der Waals surface area contributed by atoms with Gasteiger partial charge in [0.15, 0.2) is 10.3 Å². The molecule has 2 aromatic heterocycles. The highest BCUT2D eigenvalue weighted by atomic mass is 32.1. The minimum Gasteiger partial charge on any atom is -0.320 e. The van der Waals surface area contributed by atoms with Crippen molar-refractivity contribution in [1.29, 1.82) is 5.26 Å². The number of hydrogen-bond acceptors (Lipinski definition) is 4. The molecular weight excluding hydrogens is 274 g/mol. The zero-order valence-corrected chi connectivity index (χ0v) is 11.3. The molecule has 0 aliphatic carbocycles. The maximum Gasteiger partial charge on any atom is 0.287 e. The lowest BCUT2D eigenvalue weighted by Gasteiger charge is -2.06. The van der Waals surface area contributed by atoms with Gasteiger partial charge in [0.25, 0.3) is 5.56 Å². The molecule has 0 unspecified atom stereocenters. The largest absolute Gasteiger partial charge is 0.320 e. The van der Waals surface area contributed by atoms with Crippen LogP contribution >= 0.6 is 12.2 Å². The molecule has 1 N–H and O–H groups in total. The van der Waals surface area contributed by atoms with Crippen LogP contribution in [0.5, 0.6) is 0 Å².